The summed E-state index contributed by atoms with van der Waals surface area (Å²) >= 11 is 0. The summed E-state index contributed by atoms with van der Waals surface area (Å²) in [4.78, 5) is 24.8. The Labute approximate surface area is 96.6 Å². The fourth-order valence-electron chi connectivity index (χ4n) is 1.94. The van der Waals surface area contributed by atoms with Gasteiger partial charge in [-0.2, -0.15) is 0 Å². The first-order valence-electron chi connectivity index (χ1n) is 5.90. The van der Waals surface area contributed by atoms with Crippen LogP contribution in [-0.2, 0) is 9.59 Å². The van der Waals surface area contributed by atoms with Gasteiger partial charge in [0.2, 0.25) is 5.91 Å². The fraction of sp³-hybridized carbons (Fsp3) is 0.833. The van der Waals surface area contributed by atoms with E-state index in [1.165, 1.54) is 0 Å². The third-order valence-electron chi connectivity index (χ3n) is 3.52. The first-order chi connectivity index (χ1) is 7.38. The Hall–Kier alpha value is -1.06. The predicted octanol–water partition coefficient (Wildman–Crippen LogP) is 1.75. The molecule has 0 aliphatic carbocycles. The topological polar surface area (TPSA) is 57.6 Å². The molecule has 1 unspecified atom stereocenters. The normalized spacial score (nSPS) is 21.9. The molecule has 16 heavy (non-hydrogen) atoms. The van der Waals surface area contributed by atoms with Crippen molar-refractivity contribution in [3.05, 3.63) is 0 Å². The highest BCUT2D eigenvalue weighted by Gasteiger charge is 2.34. The van der Waals surface area contributed by atoms with Crippen molar-refractivity contribution in [3.8, 4) is 0 Å². The van der Waals surface area contributed by atoms with Gasteiger partial charge in [0.05, 0.1) is 5.92 Å². The van der Waals surface area contributed by atoms with E-state index in [4.69, 9.17) is 5.11 Å². The van der Waals surface area contributed by atoms with E-state index < -0.39 is 5.97 Å². The summed E-state index contributed by atoms with van der Waals surface area (Å²) in [7, 11) is 0. The zero-order valence-electron chi connectivity index (χ0n) is 10.3. The molecule has 0 bridgehead atoms. The van der Waals surface area contributed by atoms with E-state index in [0.717, 1.165) is 12.8 Å². The molecule has 1 atom stereocenters. The Kier molecular flexibility index (Phi) is 3.94. The third kappa shape index (κ3) is 2.74. The van der Waals surface area contributed by atoms with Crippen LogP contribution in [0.15, 0.2) is 0 Å². The molecule has 92 valence electrons. The second kappa shape index (κ2) is 4.85. The van der Waals surface area contributed by atoms with E-state index >= 15 is 0 Å². The van der Waals surface area contributed by atoms with Crippen LogP contribution >= 0.6 is 0 Å². The quantitative estimate of drug-likeness (QED) is 0.799. The van der Waals surface area contributed by atoms with Crippen molar-refractivity contribution in [2.75, 3.05) is 13.1 Å². The van der Waals surface area contributed by atoms with Crippen molar-refractivity contribution in [2.45, 2.75) is 40.0 Å². The molecule has 1 heterocycles. The van der Waals surface area contributed by atoms with Crippen LogP contribution in [0.3, 0.4) is 0 Å². The summed E-state index contributed by atoms with van der Waals surface area (Å²) < 4.78 is 0. The molecule has 1 fully saturated rings. The lowest BCUT2D eigenvalue weighted by atomic mass is 9.87. The zero-order chi connectivity index (χ0) is 12.3. The van der Waals surface area contributed by atoms with Crippen molar-refractivity contribution in [2.24, 2.45) is 11.3 Å². The summed E-state index contributed by atoms with van der Waals surface area (Å²) in [6.45, 7) is 6.89. The summed E-state index contributed by atoms with van der Waals surface area (Å²) in [5.41, 5.74) is -0.375. The summed E-state index contributed by atoms with van der Waals surface area (Å²) in [5, 5.41) is 8.96. The average molecular weight is 227 g/mol. The number of hydrogen-bond donors (Lipinski definition) is 1. The lowest BCUT2D eigenvalue weighted by Crippen LogP contribution is -2.47. The first-order valence-corrected chi connectivity index (χ1v) is 5.90. The number of nitrogens with zero attached hydrogens (tertiary/aromatic N) is 1. The maximum Gasteiger partial charge on any atom is 0.308 e. The molecule has 0 radical (unpaired) electrons. The number of piperidine rings is 1. The van der Waals surface area contributed by atoms with Crippen LogP contribution in [0.5, 0.6) is 0 Å². The number of rotatable bonds is 3. The van der Waals surface area contributed by atoms with E-state index in [9.17, 15) is 9.59 Å². The van der Waals surface area contributed by atoms with Crippen LogP contribution in [0, 0.1) is 11.3 Å². The van der Waals surface area contributed by atoms with Crippen LogP contribution in [-0.4, -0.2) is 35.0 Å². The minimum absolute atomic E-state index is 0.0842. The van der Waals surface area contributed by atoms with Gasteiger partial charge in [0.15, 0.2) is 0 Å². The van der Waals surface area contributed by atoms with Gasteiger partial charge in [-0.25, -0.2) is 0 Å². The predicted molar refractivity (Wildman–Crippen MR) is 61.0 cm³/mol. The minimum Gasteiger partial charge on any atom is -0.481 e. The third-order valence-corrected chi connectivity index (χ3v) is 3.52. The Morgan fingerprint density at radius 3 is 2.56 bits per heavy atom. The van der Waals surface area contributed by atoms with E-state index in [1.54, 1.807) is 4.90 Å². The molecule has 1 N–H and O–H groups in total. The first kappa shape index (κ1) is 13.0. The standard InChI is InChI=1S/C12H21NO3/c1-4-12(2,3)11(16)13-7-5-6-9(8-13)10(14)15/h9H,4-8H2,1-3H3,(H,14,15). The summed E-state index contributed by atoms with van der Waals surface area (Å²) in [6, 6.07) is 0. The van der Waals surface area contributed by atoms with Gasteiger partial charge < -0.3 is 10.0 Å². The largest absolute Gasteiger partial charge is 0.481 e. The Bertz CT molecular complexity index is 286. The van der Waals surface area contributed by atoms with Crippen LogP contribution in [0.4, 0.5) is 0 Å². The monoisotopic (exact) mass is 227 g/mol. The van der Waals surface area contributed by atoms with E-state index in [2.05, 4.69) is 0 Å². The number of carboxylic acid groups (broad SMARTS) is 1. The Morgan fingerprint density at radius 1 is 1.44 bits per heavy atom. The number of likely N-dealkylation sites (tertiary alicyclic amines) is 1. The number of carbonyl (C=O) groups is 2. The van der Waals surface area contributed by atoms with Crippen LogP contribution in [0.1, 0.15) is 40.0 Å². The van der Waals surface area contributed by atoms with Crippen molar-refractivity contribution in [3.63, 3.8) is 0 Å². The molecule has 0 spiro atoms. The van der Waals surface area contributed by atoms with Gasteiger partial charge in [-0.05, 0) is 19.3 Å². The van der Waals surface area contributed by atoms with Gasteiger partial charge >= 0.3 is 5.97 Å². The molecule has 1 saturated heterocycles. The highest BCUT2D eigenvalue weighted by atomic mass is 16.4. The molecule has 4 heteroatoms. The summed E-state index contributed by atoms with van der Waals surface area (Å²) in [6.07, 6.45) is 2.26. The highest BCUT2D eigenvalue weighted by Crippen LogP contribution is 2.26. The van der Waals surface area contributed by atoms with Gasteiger partial charge in [0.1, 0.15) is 0 Å². The lowest BCUT2D eigenvalue weighted by molar-refractivity contribution is -0.148. The number of hydrogen-bond acceptors (Lipinski definition) is 2. The van der Waals surface area contributed by atoms with Gasteiger partial charge in [-0.15, -0.1) is 0 Å². The average Bonchev–Trinajstić information content (AvgIpc) is 2.28. The highest BCUT2D eigenvalue weighted by molar-refractivity contribution is 5.82. The molecule has 0 aromatic carbocycles. The van der Waals surface area contributed by atoms with Crippen molar-refractivity contribution < 1.29 is 14.7 Å². The SMILES string of the molecule is CCC(C)(C)C(=O)N1CCCC(C(=O)O)C1. The maximum atomic E-state index is 12.2. The molecule has 1 rings (SSSR count). The van der Waals surface area contributed by atoms with Gasteiger partial charge in [-0.1, -0.05) is 20.8 Å². The molecule has 1 amide bonds. The molecule has 4 nitrogen and oxygen atoms in total. The number of aliphatic carboxylic acids is 1. The van der Waals surface area contributed by atoms with Crippen molar-refractivity contribution in [1.82, 2.24) is 4.90 Å². The van der Waals surface area contributed by atoms with Crippen LogP contribution in [0.2, 0.25) is 0 Å². The second-order valence-corrected chi connectivity index (χ2v) is 5.17. The van der Waals surface area contributed by atoms with Gasteiger partial charge in [-0.3, -0.25) is 9.59 Å². The van der Waals surface area contributed by atoms with Gasteiger partial charge in [0, 0.05) is 18.5 Å². The number of carbonyl (C=O) groups excluding carboxylic acids is 1. The fourth-order valence-corrected chi connectivity index (χ4v) is 1.94. The van der Waals surface area contributed by atoms with Crippen LogP contribution < -0.4 is 0 Å². The summed E-state index contributed by atoms with van der Waals surface area (Å²) in [5.74, 6) is -1.09. The Balaban J connectivity index is 2.67. The molecule has 1 aliphatic heterocycles. The van der Waals surface area contributed by atoms with Crippen molar-refractivity contribution >= 4 is 11.9 Å². The second-order valence-electron chi connectivity index (χ2n) is 5.17. The zero-order valence-corrected chi connectivity index (χ0v) is 10.3. The van der Waals surface area contributed by atoms with Gasteiger partial charge in [0.25, 0.3) is 0 Å². The van der Waals surface area contributed by atoms with E-state index in [0.29, 0.717) is 19.5 Å². The Morgan fingerprint density at radius 2 is 2.06 bits per heavy atom. The lowest BCUT2D eigenvalue weighted by Gasteiger charge is -2.36. The van der Waals surface area contributed by atoms with E-state index in [1.807, 2.05) is 20.8 Å². The molecular weight excluding hydrogens is 206 g/mol. The molecule has 0 aromatic rings. The van der Waals surface area contributed by atoms with Crippen LogP contribution in [0.25, 0.3) is 0 Å². The number of carboxylic acids is 1. The minimum atomic E-state index is -0.785. The molecular formula is C12H21NO3. The smallest absolute Gasteiger partial charge is 0.308 e. The molecule has 0 aromatic heterocycles. The molecule has 0 saturated carbocycles. The number of amides is 1. The molecule has 1 aliphatic rings. The van der Waals surface area contributed by atoms with E-state index in [-0.39, 0.29) is 17.2 Å². The maximum absolute atomic E-state index is 12.2. The van der Waals surface area contributed by atoms with Crippen molar-refractivity contribution in [1.29, 1.82) is 0 Å².